The first-order chi connectivity index (χ1) is 12.6. The summed E-state index contributed by atoms with van der Waals surface area (Å²) in [6, 6.07) is 3.89. The highest BCUT2D eigenvalue weighted by Crippen LogP contribution is 2.19. The first-order valence-electron chi connectivity index (χ1n) is 9.11. The predicted molar refractivity (Wildman–Crippen MR) is 96.1 cm³/mol. The molecule has 26 heavy (non-hydrogen) atoms. The number of carbonyl (C=O) groups is 1. The number of hydrogen-bond acceptors (Lipinski definition) is 6. The summed E-state index contributed by atoms with van der Waals surface area (Å²) >= 11 is 0. The third-order valence-corrected chi connectivity index (χ3v) is 4.78. The molecule has 1 fully saturated rings. The van der Waals surface area contributed by atoms with Gasteiger partial charge in [0.05, 0.1) is 25.5 Å². The minimum absolute atomic E-state index is 0.0110. The summed E-state index contributed by atoms with van der Waals surface area (Å²) < 4.78 is 7.28. The normalized spacial score (nSPS) is 17.8. The number of nitrogens with zero attached hydrogens (tertiary/aromatic N) is 6. The highest BCUT2D eigenvalue weighted by molar-refractivity contribution is 5.92. The lowest BCUT2D eigenvalue weighted by Gasteiger charge is -2.26. The van der Waals surface area contributed by atoms with E-state index in [1.807, 2.05) is 35.6 Å². The van der Waals surface area contributed by atoms with Crippen LogP contribution in [0.2, 0.25) is 0 Å². The summed E-state index contributed by atoms with van der Waals surface area (Å²) in [5.74, 6) is 0.737. The molecular weight excluding hydrogens is 332 g/mol. The number of fused-ring (bicyclic) bond motifs is 1. The Bertz CT molecular complexity index is 792. The lowest BCUT2D eigenvalue weighted by Crippen LogP contribution is -2.40. The molecule has 0 bridgehead atoms. The summed E-state index contributed by atoms with van der Waals surface area (Å²) in [6.07, 6.45) is 0.941. The molecule has 0 atom stereocenters. The number of ether oxygens (including phenoxy) is 1. The minimum atomic E-state index is -0.0110. The van der Waals surface area contributed by atoms with E-state index < -0.39 is 0 Å². The van der Waals surface area contributed by atoms with Gasteiger partial charge in [-0.1, -0.05) is 0 Å². The number of morpholine rings is 1. The van der Waals surface area contributed by atoms with Crippen LogP contribution in [0.1, 0.15) is 34.0 Å². The van der Waals surface area contributed by atoms with Crippen molar-refractivity contribution in [2.24, 2.45) is 0 Å². The molecule has 0 radical (unpaired) electrons. The van der Waals surface area contributed by atoms with E-state index in [4.69, 9.17) is 4.74 Å². The molecule has 2 aromatic heterocycles. The third-order valence-electron chi connectivity index (χ3n) is 4.78. The van der Waals surface area contributed by atoms with E-state index in [-0.39, 0.29) is 5.91 Å². The second-order valence-corrected chi connectivity index (χ2v) is 6.87. The van der Waals surface area contributed by atoms with Gasteiger partial charge in [-0.2, -0.15) is 5.10 Å². The Morgan fingerprint density at radius 3 is 2.50 bits per heavy atom. The molecule has 8 heteroatoms. The summed E-state index contributed by atoms with van der Waals surface area (Å²) in [5, 5.41) is 4.57. The van der Waals surface area contributed by atoms with Crippen molar-refractivity contribution in [2.75, 3.05) is 37.7 Å². The second-order valence-electron chi connectivity index (χ2n) is 6.87. The maximum absolute atomic E-state index is 12.7. The van der Waals surface area contributed by atoms with Crippen LogP contribution in [-0.4, -0.2) is 63.4 Å². The van der Waals surface area contributed by atoms with Gasteiger partial charge in [-0.15, -0.1) is 0 Å². The van der Waals surface area contributed by atoms with E-state index in [0.29, 0.717) is 38.5 Å². The van der Waals surface area contributed by atoms with Gasteiger partial charge in [0.2, 0.25) is 5.95 Å². The number of rotatable bonds is 2. The quantitative estimate of drug-likeness (QED) is 0.804. The summed E-state index contributed by atoms with van der Waals surface area (Å²) in [7, 11) is 0. The van der Waals surface area contributed by atoms with Gasteiger partial charge in [-0.05, 0) is 32.4 Å². The zero-order valence-electron chi connectivity index (χ0n) is 15.3. The first kappa shape index (κ1) is 17.0. The molecule has 0 aromatic carbocycles. The van der Waals surface area contributed by atoms with E-state index in [9.17, 15) is 4.79 Å². The van der Waals surface area contributed by atoms with Gasteiger partial charge in [-0.3, -0.25) is 9.48 Å². The molecule has 2 aliphatic heterocycles. The van der Waals surface area contributed by atoms with Gasteiger partial charge < -0.3 is 14.5 Å². The number of aryl methyl sites for hydroxylation is 3. The zero-order chi connectivity index (χ0) is 18.1. The van der Waals surface area contributed by atoms with Crippen LogP contribution in [0.15, 0.2) is 12.1 Å². The lowest BCUT2D eigenvalue weighted by atomic mass is 10.3. The Morgan fingerprint density at radius 2 is 1.77 bits per heavy atom. The highest BCUT2D eigenvalue weighted by Gasteiger charge is 2.25. The molecular formula is C18H24N6O2. The van der Waals surface area contributed by atoms with Gasteiger partial charge in [0, 0.05) is 37.6 Å². The summed E-state index contributed by atoms with van der Waals surface area (Å²) in [5.41, 5.74) is 3.48. The van der Waals surface area contributed by atoms with Gasteiger partial charge in [-0.25, -0.2) is 9.97 Å². The third kappa shape index (κ3) is 3.41. The molecule has 0 spiro atoms. The molecule has 2 aromatic rings. The van der Waals surface area contributed by atoms with Crippen molar-refractivity contribution in [1.82, 2.24) is 24.6 Å². The molecule has 1 amide bonds. The monoisotopic (exact) mass is 356 g/mol. The number of aromatic nitrogens is 4. The fourth-order valence-electron chi connectivity index (χ4n) is 3.51. The van der Waals surface area contributed by atoms with Crippen molar-refractivity contribution in [3.63, 3.8) is 0 Å². The van der Waals surface area contributed by atoms with Crippen LogP contribution >= 0.6 is 0 Å². The van der Waals surface area contributed by atoms with Crippen LogP contribution in [0.5, 0.6) is 0 Å². The van der Waals surface area contributed by atoms with Crippen LogP contribution in [0.3, 0.4) is 0 Å². The fourth-order valence-corrected chi connectivity index (χ4v) is 3.51. The van der Waals surface area contributed by atoms with E-state index >= 15 is 0 Å². The average molecular weight is 356 g/mol. The van der Waals surface area contributed by atoms with Crippen molar-refractivity contribution in [1.29, 1.82) is 0 Å². The van der Waals surface area contributed by atoms with Gasteiger partial charge in [0.25, 0.3) is 5.91 Å². The molecule has 1 saturated heterocycles. The second kappa shape index (κ2) is 7.03. The fraction of sp³-hybridized carbons (Fsp3) is 0.556. The van der Waals surface area contributed by atoms with E-state index in [1.54, 1.807) is 0 Å². The average Bonchev–Trinajstić information content (AvgIpc) is 2.92. The number of amides is 1. The molecule has 138 valence electrons. The smallest absolute Gasteiger partial charge is 0.274 e. The molecule has 2 aliphatic rings. The van der Waals surface area contributed by atoms with Crippen LogP contribution in [0.4, 0.5) is 5.95 Å². The number of hydrogen-bond donors (Lipinski definition) is 0. The Labute approximate surface area is 152 Å². The molecule has 8 nitrogen and oxygen atoms in total. The van der Waals surface area contributed by atoms with Crippen molar-refractivity contribution in [3.8, 4) is 0 Å². The minimum Gasteiger partial charge on any atom is -0.378 e. The van der Waals surface area contributed by atoms with Crippen LogP contribution < -0.4 is 4.90 Å². The molecule has 4 heterocycles. The Hall–Kier alpha value is -2.48. The Kier molecular flexibility index (Phi) is 4.58. The Balaban J connectivity index is 1.56. The van der Waals surface area contributed by atoms with E-state index in [0.717, 1.165) is 42.5 Å². The molecule has 0 unspecified atom stereocenters. The lowest BCUT2D eigenvalue weighted by molar-refractivity contribution is 0.0298. The van der Waals surface area contributed by atoms with E-state index in [2.05, 4.69) is 20.0 Å². The predicted octanol–water partition coefficient (Wildman–Crippen LogP) is 1.17. The van der Waals surface area contributed by atoms with E-state index in [1.165, 1.54) is 0 Å². The van der Waals surface area contributed by atoms with Crippen LogP contribution in [0.25, 0.3) is 0 Å². The largest absolute Gasteiger partial charge is 0.378 e. The van der Waals surface area contributed by atoms with Crippen molar-refractivity contribution in [2.45, 2.75) is 33.4 Å². The first-order valence-corrected chi connectivity index (χ1v) is 9.11. The topological polar surface area (TPSA) is 76.4 Å². The van der Waals surface area contributed by atoms with Crippen molar-refractivity contribution in [3.05, 3.63) is 34.9 Å². The maximum atomic E-state index is 12.7. The molecule has 0 aliphatic carbocycles. The Morgan fingerprint density at radius 1 is 1.04 bits per heavy atom. The zero-order valence-corrected chi connectivity index (χ0v) is 15.3. The molecule has 4 rings (SSSR count). The number of carbonyl (C=O) groups excluding carboxylic acids is 1. The number of anilines is 1. The van der Waals surface area contributed by atoms with Gasteiger partial charge in [0.1, 0.15) is 0 Å². The SMILES string of the molecule is Cc1cc(C)nc(N2CCCn3nc(C(=O)N4CCOCC4)cc3C2)n1. The molecule has 0 N–H and O–H groups in total. The van der Waals surface area contributed by atoms with Gasteiger partial charge >= 0.3 is 0 Å². The highest BCUT2D eigenvalue weighted by atomic mass is 16.5. The van der Waals surface area contributed by atoms with Crippen molar-refractivity contribution >= 4 is 11.9 Å². The van der Waals surface area contributed by atoms with Crippen molar-refractivity contribution < 1.29 is 9.53 Å². The summed E-state index contributed by atoms with van der Waals surface area (Å²) in [4.78, 5) is 25.9. The van der Waals surface area contributed by atoms with Crippen LogP contribution in [0, 0.1) is 13.8 Å². The van der Waals surface area contributed by atoms with Crippen LogP contribution in [-0.2, 0) is 17.8 Å². The molecule has 0 saturated carbocycles. The standard InChI is InChI=1S/C18H24N6O2/c1-13-10-14(2)20-18(19-13)23-4-3-5-24-15(12-23)11-16(21-24)17(25)22-6-8-26-9-7-22/h10-11H,3-9,12H2,1-2H3. The maximum Gasteiger partial charge on any atom is 0.274 e. The summed E-state index contributed by atoms with van der Waals surface area (Å²) in [6.45, 7) is 8.75. The van der Waals surface area contributed by atoms with Gasteiger partial charge in [0.15, 0.2) is 5.69 Å².